The van der Waals surface area contributed by atoms with Crippen molar-refractivity contribution in [2.45, 2.75) is 26.2 Å². The molecule has 0 bridgehead atoms. The third-order valence-electron chi connectivity index (χ3n) is 3.83. The van der Waals surface area contributed by atoms with Crippen molar-refractivity contribution in [3.05, 3.63) is 0 Å². The zero-order chi connectivity index (χ0) is 12.3. The van der Waals surface area contributed by atoms with Gasteiger partial charge in [-0.1, -0.05) is 13.1 Å². The second-order valence-corrected chi connectivity index (χ2v) is 27.4. The average molecular weight is 269 g/mol. The summed E-state index contributed by atoms with van der Waals surface area (Å²) in [6.07, 6.45) is 0. The Morgan fingerprint density at radius 2 is 0.733 bits per heavy atom. The number of rotatable bonds is 6. The van der Waals surface area contributed by atoms with Crippen LogP contribution in [0.4, 0.5) is 0 Å². The van der Waals surface area contributed by atoms with Crippen molar-refractivity contribution >= 4 is 23.3 Å². The molecule has 0 spiro atoms. The Labute approximate surface area is 96.0 Å². The smallest absolute Gasteiger partial charge is 0.315 e. The molecule has 7 heteroatoms. The largest absolute Gasteiger partial charge is 0.400 e. The first-order chi connectivity index (χ1) is 6.74. The van der Waals surface area contributed by atoms with E-state index in [9.17, 15) is 0 Å². The van der Waals surface area contributed by atoms with Gasteiger partial charge in [0.25, 0.3) is 0 Å². The van der Waals surface area contributed by atoms with Crippen molar-refractivity contribution in [1.82, 2.24) is 0 Å². The quantitative estimate of drug-likeness (QED) is 0.686. The van der Waals surface area contributed by atoms with Crippen molar-refractivity contribution < 1.29 is 17.7 Å². The second-order valence-electron chi connectivity index (χ2n) is 4.33. The summed E-state index contributed by atoms with van der Waals surface area (Å²) in [5.41, 5.74) is 0. The zero-order valence-corrected chi connectivity index (χ0v) is 14.1. The molecule has 0 aliphatic carbocycles. The molecule has 0 N–H and O–H groups in total. The van der Waals surface area contributed by atoms with Crippen LogP contribution in [0.15, 0.2) is 0 Å². The minimum Gasteiger partial charge on any atom is -0.400 e. The summed E-state index contributed by atoms with van der Waals surface area (Å²) < 4.78 is 22.6. The first-order valence-corrected chi connectivity index (χ1v) is 14.6. The van der Waals surface area contributed by atoms with Gasteiger partial charge in [-0.25, -0.2) is 0 Å². The van der Waals surface area contributed by atoms with Gasteiger partial charge in [0.05, 0.1) is 0 Å². The highest BCUT2D eigenvalue weighted by Crippen LogP contribution is 2.30. The van der Waals surface area contributed by atoms with Gasteiger partial charge in [-0.05, 0) is 13.1 Å². The van der Waals surface area contributed by atoms with Crippen LogP contribution in [-0.2, 0) is 17.7 Å². The molecule has 0 saturated heterocycles. The molecule has 0 aliphatic heterocycles. The standard InChI is InChI=1S/C8H24O4Si3/c1-9-14(7,10-2)13(5,6)15(8,11-3)12-4/h1-8H3. The average Bonchev–Trinajstić information content (AvgIpc) is 2.26. The van der Waals surface area contributed by atoms with Crippen LogP contribution >= 0.6 is 0 Å². The van der Waals surface area contributed by atoms with Crippen molar-refractivity contribution in [1.29, 1.82) is 0 Å². The van der Waals surface area contributed by atoms with E-state index in [1.54, 1.807) is 28.4 Å². The van der Waals surface area contributed by atoms with E-state index in [0.29, 0.717) is 0 Å². The fourth-order valence-corrected chi connectivity index (χ4v) is 24.5. The van der Waals surface area contributed by atoms with Crippen LogP contribution in [0.5, 0.6) is 0 Å². The van der Waals surface area contributed by atoms with Crippen LogP contribution in [0, 0.1) is 0 Å². The molecule has 0 fully saturated rings. The van der Waals surface area contributed by atoms with Gasteiger partial charge in [0.1, 0.15) is 0 Å². The molecule has 4 nitrogen and oxygen atoms in total. The first kappa shape index (κ1) is 15.5. The van der Waals surface area contributed by atoms with Crippen LogP contribution in [-0.4, -0.2) is 51.7 Å². The van der Waals surface area contributed by atoms with E-state index in [1.165, 1.54) is 0 Å². The predicted molar refractivity (Wildman–Crippen MR) is 68.8 cm³/mol. The van der Waals surface area contributed by atoms with Crippen LogP contribution in [0.1, 0.15) is 0 Å². The van der Waals surface area contributed by atoms with Crippen LogP contribution in [0.2, 0.25) is 26.2 Å². The minimum atomic E-state index is -2.15. The van der Waals surface area contributed by atoms with Gasteiger partial charge in [0, 0.05) is 28.4 Å². The lowest BCUT2D eigenvalue weighted by Crippen LogP contribution is -2.76. The van der Waals surface area contributed by atoms with Crippen molar-refractivity contribution in [3.63, 3.8) is 0 Å². The van der Waals surface area contributed by atoms with E-state index in [4.69, 9.17) is 17.7 Å². The summed E-state index contributed by atoms with van der Waals surface area (Å²) in [6, 6.07) is 0. The van der Waals surface area contributed by atoms with Gasteiger partial charge >= 0.3 is 16.2 Å². The topological polar surface area (TPSA) is 36.9 Å². The fraction of sp³-hybridized carbons (Fsp3) is 1.00. The third-order valence-corrected chi connectivity index (χ3v) is 35.7. The lowest BCUT2D eigenvalue weighted by atomic mass is 11.8. The first-order valence-electron chi connectivity index (χ1n) is 4.95. The van der Waals surface area contributed by atoms with E-state index < -0.39 is 23.3 Å². The highest BCUT2D eigenvalue weighted by atomic mass is 29.7. The molecule has 15 heavy (non-hydrogen) atoms. The highest BCUT2D eigenvalue weighted by molar-refractivity contribution is 7.63. The molecule has 0 amide bonds. The van der Waals surface area contributed by atoms with Crippen molar-refractivity contribution in [3.8, 4) is 0 Å². The van der Waals surface area contributed by atoms with Gasteiger partial charge in [0.15, 0.2) is 7.11 Å². The maximum Gasteiger partial charge on any atom is 0.315 e. The van der Waals surface area contributed by atoms with E-state index in [1.807, 2.05) is 0 Å². The Morgan fingerprint density at radius 1 is 0.533 bits per heavy atom. The van der Waals surface area contributed by atoms with Gasteiger partial charge < -0.3 is 17.7 Å². The molecule has 92 valence electrons. The van der Waals surface area contributed by atoms with Crippen LogP contribution in [0.3, 0.4) is 0 Å². The SMILES string of the molecule is CO[Si](C)(OC)[Si](C)(C)[Si](C)(OC)OC. The monoisotopic (exact) mass is 268 g/mol. The molecule has 0 aliphatic rings. The molecular formula is C8H24O4Si3. The Morgan fingerprint density at radius 3 is 0.867 bits per heavy atom. The number of hydrogen-bond donors (Lipinski definition) is 0. The molecule has 0 rings (SSSR count). The molecular weight excluding hydrogens is 244 g/mol. The molecule has 0 saturated carbocycles. The third kappa shape index (κ3) is 2.43. The fourth-order valence-electron chi connectivity index (χ4n) is 1.60. The molecule has 0 unspecified atom stereocenters. The lowest BCUT2D eigenvalue weighted by molar-refractivity contribution is 0.257. The highest BCUT2D eigenvalue weighted by Gasteiger charge is 2.63. The van der Waals surface area contributed by atoms with Crippen molar-refractivity contribution in [2.24, 2.45) is 0 Å². The van der Waals surface area contributed by atoms with Gasteiger partial charge in [0.2, 0.25) is 0 Å². The Kier molecular flexibility index (Phi) is 5.38. The van der Waals surface area contributed by atoms with E-state index in [2.05, 4.69) is 26.2 Å². The summed E-state index contributed by atoms with van der Waals surface area (Å²) in [5, 5.41) is 0. The van der Waals surface area contributed by atoms with Crippen LogP contribution < -0.4 is 0 Å². The van der Waals surface area contributed by atoms with Crippen molar-refractivity contribution in [2.75, 3.05) is 28.4 Å². The molecule has 0 aromatic rings. The molecule has 0 atom stereocenters. The van der Waals surface area contributed by atoms with Gasteiger partial charge in [-0.15, -0.1) is 0 Å². The molecule has 0 aromatic carbocycles. The van der Waals surface area contributed by atoms with Crippen LogP contribution in [0.25, 0.3) is 0 Å². The maximum atomic E-state index is 5.65. The van der Waals surface area contributed by atoms with E-state index in [-0.39, 0.29) is 0 Å². The summed E-state index contributed by atoms with van der Waals surface area (Å²) >= 11 is 0. The predicted octanol–water partition coefficient (Wildman–Crippen LogP) is 1.58. The second kappa shape index (κ2) is 5.21. The summed E-state index contributed by atoms with van der Waals surface area (Å²) in [6.45, 7) is 8.68. The molecule has 0 heterocycles. The Balaban J connectivity index is 5.25. The van der Waals surface area contributed by atoms with Gasteiger partial charge in [-0.3, -0.25) is 0 Å². The van der Waals surface area contributed by atoms with Gasteiger partial charge in [-0.2, -0.15) is 0 Å². The molecule has 0 aromatic heterocycles. The summed E-state index contributed by atoms with van der Waals surface area (Å²) in [4.78, 5) is 0. The number of hydrogen-bond acceptors (Lipinski definition) is 4. The van der Waals surface area contributed by atoms with E-state index in [0.717, 1.165) is 0 Å². The minimum absolute atomic E-state index is 1.73. The summed E-state index contributed by atoms with van der Waals surface area (Å²) in [5.74, 6) is 0. The summed E-state index contributed by atoms with van der Waals surface area (Å²) in [7, 11) is 0.782. The Hall–Kier alpha value is 0.491. The maximum absolute atomic E-state index is 5.65. The molecule has 0 radical (unpaired) electrons. The normalized spacial score (nSPS) is 14.4. The zero-order valence-electron chi connectivity index (χ0n) is 11.1. The van der Waals surface area contributed by atoms with E-state index >= 15 is 0 Å². The lowest BCUT2D eigenvalue weighted by Gasteiger charge is -2.44. The Bertz CT molecular complexity index is 182.